The molecule has 1 aliphatic heterocycles. The highest BCUT2D eigenvalue weighted by Crippen LogP contribution is 2.39. The Labute approximate surface area is 177 Å². The van der Waals surface area contributed by atoms with E-state index in [2.05, 4.69) is 0 Å². The summed E-state index contributed by atoms with van der Waals surface area (Å²) in [6.45, 7) is -1.46. The Morgan fingerprint density at radius 2 is 1.79 bits per heavy atom. The van der Waals surface area contributed by atoms with Crippen LogP contribution in [0.4, 0.5) is 0 Å². The molecule has 2 aliphatic rings. The molecule has 0 saturated carbocycles. The highest BCUT2D eigenvalue weighted by Gasteiger charge is 2.34. The summed E-state index contributed by atoms with van der Waals surface area (Å²) in [5.74, 6) is 1.31. The molecular weight excluding hydrogens is 350 g/mol. The largest absolute Gasteiger partial charge is 0.493 e. The molecule has 1 heterocycles. The fourth-order valence-electron chi connectivity index (χ4n) is 4.23. The molecule has 2 aromatic rings. The van der Waals surface area contributed by atoms with E-state index in [0.29, 0.717) is 55.8 Å². The van der Waals surface area contributed by atoms with Crippen LogP contribution in [0.5, 0.6) is 11.5 Å². The minimum absolute atomic E-state index is 0.0952. The maximum Gasteiger partial charge on any atom is 0.166 e. The van der Waals surface area contributed by atoms with Gasteiger partial charge in [0.1, 0.15) is 0 Å². The molecule has 0 bridgehead atoms. The predicted octanol–water partition coefficient (Wildman–Crippen LogP) is 4.36. The Morgan fingerprint density at radius 1 is 1.11 bits per heavy atom. The minimum Gasteiger partial charge on any atom is -0.493 e. The molecule has 148 valence electrons. The Balaban J connectivity index is 1.45. The molecule has 28 heavy (non-hydrogen) atoms. The smallest absolute Gasteiger partial charge is 0.166 e. The van der Waals surface area contributed by atoms with Crippen LogP contribution in [-0.4, -0.2) is 38.0 Å². The summed E-state index contributed by atoms with van der Waals surface area (Å²) in [7, 11) is 3.10. The number of ether oxygens (including phenoxy) is 2. The Hall–Kier alpha value is -2.33. The Kier molecular flexibility index (Phi) is 3.66. The van der Waals surface area contributed by atoms with E-state index in [1.165, 1.54) is 7.11 Å². The van der Waals surface area contributed by atoms with Gasteiger partial charge in [-0.25, -0.2) is 0 Å². The quantitative estimate of drug-likeness (QED) is 0.739. The number of piperidine rings is 1. The van der Waals surface area contributed by atoms with Gasteiger partial charge in [-0.3, -0.25) is 9.69 Å². The van der Waals surface area contributed by atoms with Crippen molar-refractivity contribution in [2.45, 2.75) is 32.2 Å². The van der Waals surface area contributed by atoms with Crippen molar-refractivity contribution < 1.29 is 23.9 Å². The number of Topliss-reactive ketones (excluding diaryl/α,β-unsaturated/α-hetero) is 1. The number of likely N-dealkylation sites (tertiary alicyclic amines) is 1. The molecule has 0 radical (unpaired) electrons. The second-order valence-corrected chi connectivity index (χ2v) is 7.41. The van der Waals surface area contributed by atoms with Crippen LogP contribution in [0.3, 0.4) is 0 Å². The second kappa shape index (κ2) is 8.36. The lowest BCUT2D eigenvalue weighted by atomic mass is 9.85. The maximum atomic E-state index is 13.1. The van der Waals surface area contributed by atoms with Crippen molar-refractivity contribution in [2.75, 3.05) is 27.3 Å². The van der Waals surface area contributed by atoms with Gasteiger partial charge in [-0.15, -0.1) is 0 Å². The first kappa shape index (κ1) is 12.3. The van der Waals surface area contributed by atoms with Crippen molar-refractivity contribution in [1.82, 2.24) is 4.90 Å². The van der Waals surface area contributed by atoms with Gasteiger partial charge in [-0.05, 0) is 68.0 Å². The van der Waals surface area contributed by atoms with Crippen molar-refractivity contribution in [1.29, 1.82) is 0 Å². The first-order chi connectivity index (χ1) is 16.5. The van der Waals surface area contributed by atoms with E-state index in [1.807, 2.05) is 6.07 Å². The third-order valence-electron chi connectivity index (χ3n) is 5.71. The molecule has 1 atom stereocenters. The van der Waals surface area contributed by atoms with Crippen molar-refractivity contribution in [2.24, 2.45) is 11.8 Å². The molecule has 0 spiro atoms. The van der Waals surface area contributed by atoms with E-state index in [9.17, 15) is 4.79 Å². The fourth-order valence-corrected chi connectivity index (χ4v) is 4.23. The highest BCUT2D eigenvalue weighted by molar-refractivity contribution is 6.02. The summed E-state index contributed by atoms with van der Waals surface area (Å²) in [6, 6.07) is 0.985. The van der Waals surface area contributed by atoms with Gasteiger partial charge in [0.2, 0.25) is 0 Å². The molecule has 4 heteroatoms. The first-order valence-electron chi connectivity index (χ1n) is 13.1. The molecule has 1 aliphatic carbocycles. The minimum atomic E-state index is -2.20. The van der Waals surface area contributed by atoms with E-state index < -0.39 is 36.7 Å². The lowest BCUT2D eigenvalue weighted by Crippen LogP contribution is -2.34. The molecule has 4 rings (SSSR count). The van der Waals surface area contributed by atoms with Gasteiger partial charge in [0.05, 0.1) is 21.1 Å². The van der Waals surface area contributed by atoms with Crippen LogP contribution >= 0.6 is 0 Å². The topological polar surface area (TPSA) is 38.8 Å². The SMILES string of the molecule is [2H]c1c([2H])c([2H])c(C([2H])([2H])N2CCC(CC3Cc4cc(OC)c(OC)cc4C3=O)CC2)c([2H])c1[2H]. The summed E-state index contributed by atoms with van der Waals surface area (Å²) >= 11 is 0. The van der Waals surface area contributed by atoms with Gasteiger partial charge in [-0.1, -0.05) is 30.2 Å². The van der Waals surface area contributed by atoms with E-state index in [1.54, 1.807) is 18.1 Å². The average Bonchev–Trinajstić information content (AvgIpc) is 3.14. The number of rotatable bonds is 6. The van der Waals surface area contributed by atoms with Gasteiger partial charge in [0, 0.05) is 20.7 Å². The van der Waals surface area contributed by atoms with Gasteiger partial charge in [0.15, 0.2) is 17.3 Å². The number of carbonyl (C=O) groups excluding carboxylic acids is 1. The van der Waals surface area contributed by atoms with Crippen LogP contribution in [0.15, 0.2) is 42.3 Å². The molecule has 2 aromatic carbocycles. The van der Waals surface area contributed by atoms with E-state index >= 15 is 0 Å². The number of hydrogen-bond donors (Lipinski definition) is 0. The number of methoxy groups -OCH3 is 2. The van der Waals surface area contributed by atoms with E-state index in [4.69, 9.17) is 19.1 Å². The Bertz CT molecular complexity index is 1130. The molecular formula is C24H29NO3. The molecule has 0 N–H and O–H groups in total. The summed E-state index contributed by atoms with van der Waals surface area (Å²) < 4.78 is 67.8. The van der Waals surface area contributed by atoms with Crippen molar-refractivity contribution in [3.05, 3.63) is 59.0 Å². The van der Waals surface area contributed by atoms with Crippen LogP contribution < -0.4 is 9.47 Å². The second-order valence-electron chi connectivity index (χ2n) is 7.41. The van der Waals surface area contributed by atoms with Gasteiger partial charge in [-0.2, -0.15) is 0 Å². The monoisotopic (exact) mass is 386 g/mol. The number of ketones is 1. The summed E-state index contributed by atoms with van der Waals surface area (Å²) in [6.07, 6.45) is 2.65. The summed E-state index contributed by atoms with van der Waals surface area (Å²) in [5.41, 5.74) is 1.29. The molecule has 1 fully saturated rings. The van der Waals surface area contributed by atoms with Crippen molar-refractivity contribution in [3.63, 3.8) is 0 Å². The normalized spacial score (nSPS) is 24.3. The highest BCUT2D eigenvalue weighted by atomic mass is 16.5. The molecule has 0 aromatic heterocycles. The number of fused-ring (bicyclic) bond motifs is 1. The lowest BCUT2D eigenvalue weighted by Gasteiger charge is -2.32. The molecule has 1 unspecified atom stereocenters. The van der Waals surface area contributed by atoms with Gasteiger partial charge in [0.25, 0.3) is 0 Å². The zero-order valence-corrected chi connectivity index (χ0v) is 16.2. The third-order valence-corrected chi connectivity index (χ3v) is 5.71. The fraction of sp³-hybridized carbons (Fsp3) is 0.458. The van der Waals surface area contributed by atoms with Gasteiger partial charge >= 0.3 is 0 Å². The zero-order valence-electron chi connectivity index (χ0n) is 23.2. The van der Waals surface area contributed by atoms with Crippen molar-refractivity contribution >= 4 is 5.78 Å². The van der Waals surface area contributed by atoms with E-state index in [-0.39, 0.29) is 23.2 Å². The average molecular weight is 387 g/mol. The summed E-state index contributed by atoms with van der Waals surface area (Å²) in [5, 5.41) is 0. The maximum absolute atomic E-state index is 13.1. The lowest BCUT2D eigenvalue weighted by molar-refractivity contribution is 0.0895. The number of benzene rings is 2. The number of hydrogen-bond acceptors (Lipinski definition) is 4. The number of nitrogens with zero attached hydrogens (tertiary/aromatic N) is 1. The number of carbonyl (C=O) groups is 1. The Morgan fingerprint density at radius 3 is 2.46 bits per heavy atom. The third kappa shape index (κ3) is 3.93. The zero-order chi connectivity index (χ0) is 25.7. The van der Waals surface area contributed by atoms with Crippen LogP contribution in [0, 0.1) is 11.8 Å². The first-order valence-corrected chi connectivity index (χ1v) is 9.62. The molecule has 1 saturated heterocycles. The van der Waals surface area contributed by atoms with Crippen LogP contribution in [-0.2, 0) is 12.9 Å². The molecule has 0 amide bonds. The van der Waals surface area contributed by atoms with Crippen molar-refractivity contribution in [3.8, 4) is 11.5 Å². The standard InChI is InChI=1S/C24H29NO3/c1-27-22-14-19-13-20(24(26)21(19)15-23(22)28-2)12-17-8-10-25(11-9-17)16-18-6-4-3-5-7-18/h3-7,14-15,17,20H,8-13,16H2,1-2H3/i3D,4D,5D,6D,7D,16D2. The van der Waals surface area contributed by atoms with Crippen LogP contribution in [0.2, 0.25) is 0 Å². The predicted molar refractivity (Wildman–Crippen MR) is 110 cm³/mol. The summed E-state index contributed by atoms with van der Waals surface area (Å²) in [4.78, 5) is 14.6. The van der Waals surface area contributed by atoms with Crippen LogP contribution in [0.25, 0.3) is 0 Å². The molecule has 4 nitrogen and oxygen atoms in total. The van der Waals surface area contributed by atoms with Gasteiger partial charge < -0.3 is 9.47 Å². The van der Waals surface area contributed by atoms with E-state index in [0.717, 1.165) is 5.56 Å². The van der Waals surface area contributed by atoms with Crippen LogP contribution in [0.1, 0.15) is 50.3 Å².